The predicted octanol–water partition coefficient (Wildman–Crippen LogP) is 1.57. The number of methoxy groups -OCH3 is 1. The van der Waals surface area contributed by atoms with Gasteiger partial charge in [-0.15, -0.1) is 0 Å². The number of rotatable bonds is 3. The van der Waals surface area contributed by atoms with Gasteiger partial charge >= 0.3 is 0 Å². The number of ether oxygens (including phenoxy) is 2. The van der Waals surface area contributed by atoms with Crippen LogP contribution in [0.15, 0.2) is 30.6 Å². The Kier molecular flexibility index (Phi) is 3.88. The third-order valence-electron chi connectivity index (χ3n) is 4.83. The summed E-state index contributed by atoms with van der Waals surface area (Å²) in [6.45, 7) is 1.21. The Balaban J connectivity index is 1.39. The molecule has 2 aliphatic heterocycles. The van der Waals surface area contributed by atoms with Crippen molar-refractivity contribution in [1.29, 1.82) is 0 Å². The molecule has 0 unspecified atom stereocenters. The first-order chi connectivity index (χ1) is 11.7. The Morgan fingerprint density at radius 1 is 1.46 bits per heavy atom. The van der Waals surface area contributed by atoms with E-state index in [4.69, 9.17) is 9.47 Å². The minimum absolute atomic E-state index is 0.0741. The number of nitrogens with zero attached hydrogens (tertiary/aromatic N) is 2. The Morgan fingerprint density at radius 2 is 2.38 bits per heavy atom. The second kappa shape index (κ2) is 6.19. The molecule has 2 aromatic rings. The molecule has 6 nitrogen and oxygen atoms in total. The Morgan fingerprint density at radius 3 is 3.25 bits per heavy atom. The lowest BCUT2D eigenvalue weighted by Crippen LogP contribution is -2.46. The number of carbonyl (C=O) groups excluding carboxylic acids is 1. The SMILES string of the molecule is COc1ccc2c(c1)OC[C@@H](C(=O)N[C@@H]1CCc3nccn3C1)C2. The number of carbonyl (C=O) groups is 1. The van der Waals surface area contributed by atoms with E-state index in [1.54, 1.807) is 7.11 Å². The van der Waals surface area contributed by atoms with Gasteiger partial charge in [0, 0.05) is 37.5 Å². The van der Waals surface area contributed by atoms with Crippen LogP contribution in [0.25, 0.3) is 0 Å². The molecule has 0 saturated carbocycles. The maximum atomic E-state index is 12.6. The van der Waals surface area contributed by atoms with E-state index in [0.29, 0.717) is 13.0 Å². The third kappa shape index (κ3) is 2.84. The van der Waals surface area contributed by atoms with Gasteiger partial charge in [0.25, 0.3) is 0 Å². The molecule has 2 atom stereocenters. The van der Waals surface area contributed by atoms with E-state index in [0.717, 1.165) is 42.3 Å². The molecule has 1 aromatic carbocycles. The van der Waals surface area contributed by atoms with Gasteiger partial charge in [0.2, 0.25) is 5.91 Å². The molecule has 0 bridgehead atoms. The molecule has 4 rings (SSSR count). The van der Waals surface area contributed by atoms with Gasteiger partial charge in [-0.1, -0.05) is 6.07 Å². The number of aromatic nitrogens is 2. The molecule has 0 spiro atoms. The van der Waals surface area contributed by atoms with Crippen LogP contribution < -0.4 is 14.8 Å². The monoisotopic (exact) mass is 327 g/mol. The van der Waals surface area contributed by atoms with Crippen molar-refractivity contribution in [2.24, 2.45) is 5.92 Å². The van der Waals surface area contributed by atoms with Crippen molar-refractivity contribution in [3.63, 3.8) is 0 Å². The minimum Gasteiger partial charge on any atom is -0.497 e. The zero-order chi connectivity index (χ0) is 16.5. The van der Waals surface area contributed by atoms with Crippen LogP contribution in [0.4, 0.5) is 0 Å². The standard InChI is InChI=1S/C18H21N3O3/c1-23-15-4-2-12-8-13(11-24-16(12)9-15)18(22)20-14-3-5-17-19-6-7-21(17)10-14/h2,4,6-7,9,13-14H,3,5,8,10-11H2,1H3,(H,20,22)/t13-,14+/m0/s1. The first-order valence-corrected chi connectivity index (χ1v) is 8.33. The number of benzene rings is 1. The van der Waals surface area contributed by atoms with E-state index >= 15 is 0 Å². The van der Waals surface area contributed by atoms with E-state index in [1.165, 1.54) is 0 Å². The van der Waals surface area contributed by atoms with Crippen LogP contribution in [0.2, 0.25) is 0 Å². The van der Waals surface area contributed by atoms with Crippen LogP contribution in [0, 0.1) is 5.92 Å². The van der Waals surface area contributed by atoms with E-state index in [2.05, 4.69) is 14.9 Å². The lowest BCUT2D eigenvalue weighted by molar-refractivity contribution is -0.127. The summed E-state index contributed by atoms with van der Waals surface area (Å²) in [5.41, 5.74) is 1.06. The summed E-state index contributed by atoms with van der Waals surface area (Å²) in [6, 6.07) is 5.93. The van der Waals surface area contributed by atoms with Crippen molar-refractivity contribution in [2.75, 3.05) is 13.7 Å². The van der Waals surface area contributed by atoms with Crippen LogP contribution in [-0.2, 0) is 24.2 Å². The average molecular weight is 327 g/mol. The van der Waals surface area contributed by atoms with Gasteiger partial charge in [0.05, 0.1) is 13.0 Å². The summed E-state index contributed by atoms with van der Waals surface area (Å²) in [4.78, 5) is 16.9. The smallest absolute Gasteiger partial charge is 0.227 e. The first kappa shape index (κ1) is 15.1. The zero-order valence-electron chi connectivity index (χ0n) is 13.7. The summed E-state index contributed by atoms with van der Waals surface area (Å²) in [7, 11) is 1.64. The number of aryl methyl sites for hydroxylation is 1. The van der Waals surface area contributed by atoms with E-state index in [-0.39, 0.29) is 17.9 Å². The van der Waals surface area contributed by atoms with E-state index < -0.39 is 0 Å². The fourth-order valence-electron chi connectivity index (χ4n) is 3.45. The quantitative estimate of drug-likeness (QED) is 0.929. The summed E-state index contributed by atoms with van der Waals surface area (Å²) in [5, 5.41) is 3.18. The fraction of sp³-hybridized carbons (Fsp3) is 0.444. The molecule has 0 radical (unpaired) electrons. The van der Waals surface area contributed by atoms with Crippen molar-refractivity contribution < 1.29 is 14.3 Å². The van der Waals surface area contributed by atoms with Crippen LogP contribution in [0.1, 0.15) is 17.8 Å². The number of imidazole rings is 1. The molecule has 6 heteroatoms. The van der Waals surface area contributed by atoms with Crippen LogP contribution >= 0.6 is 0 Å². The fourth-order valence-corrected chi connectivity index (χ4v) is 3.45. The summed E-state index contributed by atoms with van der Waals surface area (Å²) in [6.07, 6.45) is 6.33. The van der Waals surface area contributed by atoms with Gasteiger partial charge in [0.1, 0.15) is 23.9 Å². The number of nitrogens with one attached hydrogen (secondary N) is 1. The molecular weight excluding hydrogens is 306 g/mol. The highest BCUT2D eigenvalue weighted by Gasteiger charge is 2.29. The molecule has 1 N–H and O–H groups in total. The molecule has 0 saturated heterocycles. The molecule has 1 amide bonds. The van der Waals surface area contributed by atoms with Gasteiger partial charge in [-0.05, 0) is 24.5 Å². The van der Waals surface area contributed by atoms with Crippen LogP contribution in [-0.4, -0.2) is 35.2 Å². The Labute approximate surface area is 140 Å². The van der Waals surface area contributed by atoms with Crippen LogP contribution in [0.3, 0.4) is 0 Å². The van der Waals surface area contributed by atoms with Crippen molar-refractivity contribution in [2.45, 2.75) is 31.8 Å². The van der Waals surface area contributed by atoms with Gasteiger partial charge in [-0.25, -0.2) is 4.98 Å². The van der Waals surface area contributed by atoms with Crippen molar-refractivity contribution in [3.05, 3.63) is 42.0 Å². The van der Waals surface area contributed by atoms with Crippen molar-refractivity contribution >= 4 is 5.91 Å². The number of fused-ring (bicyclic) bond motifs is 2. The number of hydrogen-bond donors (Lipinski definition) is 1. The second-order valence-electron chi connectivity index (χ2n) is 6.43. The average Bonchev–Trinajstić information content (AvgIpc) is 3.08. The first-order valence-electron chi connectivity index (χ1n) is 8.33. The molecule has 0 aliphatic carbocycles. The van der Waals surface area contributed by atoms with Gasteiger partial charge in [-0.2, -0.15) is 0 Å². The summed E-state index contributed by atoms with van der Waals surface area (Å²) in [5.74, 6) is 2.62. The van der Waals surface area contributed by atoms with E-state index in [9.17, 15) is 4.79 Å². The van der Waals surface area contributed by atoms with Crippen molar-refractivity contribution in [3.8, 4) is 11.5 Å². The molecule has 3 heterocycles. The maximum absolute atomic E-state index is 12.6. The molecule has 1 aromatic heterocycles. The largest absolute Gasteiger partial charge is 0.497 e. The zero-order valence-corrected chi connectivity index (χ0v) is 13.7. The second-order valence-corrected chi connectivity index (χ2v) is 6.43. The highest BCUT2D eigenvalue weighted by atomic mass is 16.5. The van der Waals surface area contributed by atoms with E-state index in [1.807, 2.05) is 30.6 Å². The van der Waals surface area contributed by atoms with Crippen molar-refractivity contribution in [1.82, 2.24) is 14.9 Å². The minimum atomic E-state index is -0.143. The highest BCUT2D eigenvalue weighted by molar-refractivity contribution is 5.80. The topological polar surface area (TPSA) is 65.4 Å². The molecule has 0 fully saturated rings. The molecule has 24 heavy (non-hydrogen) atoms. The normalized spacial score (nSPS) is 22.0. The number of amides is 1. The lowest BCUT2D eigenvalue weighted by atomic mass is 9.95. The molecule has 2 aliphatic rings. The van der Waals surface area contributed by atoms with Gasteiger partial charge in [0.15, 0.2) is 0 Å². The maximum Gasteiger partial charge on any atom is 0.227 e. The number of hydrogen-bond acceptors (Lipinski definition) is 4. The third-order valence-corrected chi connectivity index (χ3v) is 4.83. The Bertz CT molecular complexity index is 756. The molecule has 126 valence electrons. The predicted molar refractivity (Wildman–Crippen MR) is 88.2 cm³/mol. The Hall–Kier alpha value is -2.50. The van der Waals surface area contributed by atoms with Gasteiger partial charge in [-0.3, -0.25) is 4.79 Å². The van der Waals surface area contributed by atoms with Crippen LogP contribution in [0.5, 0.6) is 11.5 Å². The summed E-state index contributed by atoms with van der Waals surface area (Å²) >= 11 is 0. The summed E-state index contributed by atoms with van der Waals surface area (Å²) < 4.78 is 13.1. The molecular formula is C18H21N3O3. The van der Waals surface area contributed by atoms with Gasteiger partial charge < -0.3 is 19.4 Å². The lowest BCUT2D eigenvalue weighted by Gasteiger charge is -2.29. The highest BCUT2D eigenvalue weighted by Crippen LogP contribution is 2.31.